The fourth-order valence-corrected chi connectivity index (χ4v) is 4.60. The number of nitrogens with one attached hydrogen (secondary N) is 2. The van der Waals surface area contributed by atoms with Crippen LogP contribution < -0.4 is 10.6 Å². The van der Waals surface area contributed by atoms with E-state index >= 15 is 0 Å². The number of carbonyl (C=O) groups is 3. The molecule has 2 heterocycles. The molecule has 0 unspecified atom stereocenters. The molecule has 4 rings (SSSR count). The van der Waals surface area contributed by atoms with Crippen LogP contribution in [0.15, 0.2) is 48.5 Å². The van der Waals surface area contributed by atoms with Crippen LogP contribution in [0.5, 0.6) is 0 Å². The summed E-state index contributed by atoms with van der Waals surface area (Å²) in [5.41, 5.74) is 4.67. The first kappa shape index (κ1) is 29.3. The maximum Gasteiger partial charge on any atom is 0.490 e. The minimum absolute atomic E-state index is 0.00572. The molecule has 1 amide bonds. The van der Waals surface area contributed by atoms with Crippen LogP contribution in [0.25, 0.3) is 0 Å². The van der Waals surface area contributed by atoms with Crippen LogP contribution in [-0.4, -0.2) is 66.1 Å². The molecule has 2 aliphatic heterocycles. The number of hydrogen-bond donors (Lipinski definition) is 3. The topological polar surface area (TPSA) is 98.7 Å². The van der Waals surface area contributed by atoms with E-state index < -0.39 is 12.1 Å². The number of rotatable bonds is 7. The summed E-state index contributed by atoms with van der Waals surface area (Å²) >= 11 is 0. The van der Waals surface area contributed by atoms with Gasteiger partial charge < -0.3 is 15.7 Å². The molecule has 0 spiro atoms. The maximum absolute atomic E-state index is 12.6. The molecule has 206 valence electrons. The van der Waals surface area contributed by atoms with Crippen molar-refractivity contribution in [3.8, 4) is 0 Å². The van der Waals surface area contributed by atoms with Crippen LogP contribution in [0.2, 0.25) is 0 Å². The Labute approximate surface area is 220 Å². The molecule has 1 saturated heterocycles. The zero-order chi connectivity index (χ0) is 27.5. The lowest BCUT2D eigenvalue weighted by Crippen LogP contribution is -2.44. The summed E-state index contributed by atoms with van der Waals surface area (Å²) in [6, 6.07) is 16.8. The number of Topliss-reactive ketones (excluding diaryl/α,β-unsaturated/α-hetero) is 1. The number of alkyl halides is 3. The number of benzene rings is 2. The van der Waals surface area contributed by atoms with Crippen LogP contribution in [0, 0.1) is 0 Å². The van der Waals surface area contributed by atoms with Gasteiger partial charge in [-0.25, -0.2) is 4.79 Å². The molecule has 3 N–H and O–H groups in total. The van der Waals surface area contributed by atoms with E-state index in [1.807, 2.05) is 18.2 Å². The average molecular weight is 534 g/mol. The predicted molar refractivity (Wildman–Crippen MR) is 137 cm³/mol. The largest absolute Gasteiger partial charge is 0.490 e. The first-order chi connectivity index (χ1) is 18.1. The van der Waals surface area contributed by atoms with Crippen molar-refractivity contribution >= 4 is 17.7 Å². The van der Waals surface area contributed by atoms with Crippen molar-refractivity contribution in [1.82, 2.24) is 15.5 Å². The minimum Gasteiger partial charge on any atom is -0.475 e. The van der Waals surface area contributed by atoms with Crippen molar-refractivity contribution in [1.29, 1.82) is 0 Å². The van der Waals surface area contributed by atoms with Gasteiger partial charge in [0.05, 0.1) is 0 Å². The van der Waals surface area contributed by atoms with Gasteiger partial charge in [0, 0.05) is 44.1 Å². The van der Waals surface area contributed by atoms with Gasteiger partial charge in [0.25, 0.3) is 0 Å². The molecule has 1 fully saturated rings. The molecule has 10 heteroatoms. The third kappa shape index (κ3) is 9.57. The molecule has 2 aromatic rings. The molecular formula is C28H34F3N3O4. The van der Waals surface area contributed by atoms with Gasteiger partial charge in [0.1, 0.15) is 0 Å². The Morgan fingerprint density at radius 2 is 1.58 bits per heavy atom. The van der Waals surface area contributed by atoms with E-state index in [1.165, 1.54) is 16.7 Å². The zero-order valence-electron chi connectivity index (χ0n) is 21.2. The predicted octanol–water partition coefficient (Wildman–Crippen LogP) is 3.75. The summed E-state index contributed by atoms with van der Waals surface area (Å²) in [6.45, 7) is 4.89. The van der Waals surface area contributed by atoms with Crippen molar-refractivity contribution in [3.63, 3.8) is 0 Å². The second-order valence-electron chi connectivity index (χ2n) is 9.56. The smallest absolute Gasteiger partial charge is 0.475 e. The monoisotopic (exact) mass is 533 g/mol. The van der Waals surface area contributed by atoms with Crippen molar-refractivity contribution in [2.45, 2.75) is 57.3 Å². The number of halogens is 3. The molecule has 0 atom stereocenters. The molecule has 38 heavy (non-hydrogen) atoms. The number of likely N-dealkylation sites (tertiary alicyclic amines) is 1. The van der Waals surface area contributed by atoms with Gasteiger partial charge in [0.2, 0.25) is 5.91 Å². The number of amides is 1. The van der Waals surface area contributed by atoms with Crippen LogP contribution in [0.1, 0.15) is 52.7 Å². The Morgan fingerprint density at radius 1 is 0.947 bits per heavy atom. The van der Waals surface area contributed by atoms with E-state index in [1.54, 1.807) is 0 Å². The summed E-state index contributed by atoms with van der Waals surface area (Å²) in [7, 11) is 0. The normalized spacial score (nSPS) is 16.4. The van der Waals surface area contributed by atoms with Crippen molar-refractivity contribution in [2.24, 2.45) is 0 Å². The quantitative estimate of drug-likeness (QED) is 0.469. The van der Waals surface area contributed by atoms with Crippen LogP contribution in [0.3, 0.4) is 0 Å². The lowest BCUT2D eigenvalue weighted by atomic mass is 9.97. The van der Waals surface area contributed by atoms with Crippen LogP contribution >= 0.6 is 0 Å². The third-order valence-corrected chi connectivity index (χ3v) is 6.69. The van der Waals surface area contributed by atoms with E-state index in [0.29, 0.717) is 0 Å². The first-order valence-electron chi connectivity index (χ1n) is 12.8. The lowest BCUT2D eigenvalue weighted by Gasteiger charge is -2.32. The number of fused-ring (bicyclic) bond motifs is 1. The van der Waals surface area contributed by atoms with E-state index in [0.717, 1.165) is 64.0 Å². The molecule has 0 radical (unpaired) electrons. The van der Waals surface area contributed by atoms with E-state index in [9.17, 15) is 22.8 Å². The van der Waals surface area contributed by atoms with Gasteiger partial charge in [-0.1, -0.05) is 42.5 Å². The fourth-order valence-electron chi connectivity index (χ4n) is 4.60. The van der Waals surface area contributed by atoms with Crippen LogP contribution in [0.4, 0.5) is 13.2 Å². The number of ketones is 1. The minimum atomic E-state index is -5.08. The first-order valence-corrected chi connectivity index (χ1v) is 12.8. The van der Waals surface area contributed by atoms with Gasteiger partial charge in [0.15, 0.2) is 5.78 Å². The third-order valence-electron chi connectivity index (χ3n) is 6.69. The summed E-state index contributed by atoms with van der Waals surface area (Å²) in [5.74, 6) is -2.70. The van der Waals surface area contributed by atoms with Crippen LogP contribution in [-0.2, 0) is 29.0 Å². The Morgan fingerprint density at radius 3 is 2.21 bits per heavy atom. The van der Waals surface area contributed by atoms with E-state index in [4.69, 9.17) is 9.90 Å². The highest BCUT2D eigenvalue weighted by Gasteiger charge is 2.38. The number of aliphatic carboxylic acids is 1. The van der Waals surface area contributed by atoms with Gasteiger partial charge in [-0.15, -0.1) is 0 Å². The molecule has 0 aliphatic carbocycles. The second kappa shape index (κ2) is 14.1. The number of carboxylic acids is 1. The number of hydrogen-bond acceptors (Lipinski definition) is 5. The lowest BCUT2D eigenvalue weighted by molar-refractivity contribution is -0.192. The summed E-state index contributed by atoms with van der Waals surface area (Å²) in [4.78, 5) is 36.4. The zero-order valence-corrected chi connectivity index (χ0v) is 21.2. The second-order valence-corrected chi connectivity index (χ2v) is 9.56. The van der Waals surface area contributed by atoms with Crippen molar-refractivity contribution in [3.05, 3.63) is 70.8 Å². The molecule has 2 aromatic carbocycles. The molecule has 0 bridgehead atoms. The maximum atomic E-state index is 12.6. The Kier molecular flexibility index (Phi) is 10.8. The molecular weight excluding hydrogens is 499 g/mol. The fraction of sp³-hybridized carbons (Fsp3) is 0.464. The SMILES string of the molecule is O=C(CCC(=O)c1ccc2c(c1)CCNCC2)NC1CCN(Cc2ccccc2)CC1.O=C(O)C(F)(F)F. The van der Waals surface area contributed by atoms with Gasteiger partial charge in [-0.3, -0.25) is 14.5 Å². The van der Waals surface area contributed by atoms with E-state index in [2.05, 4.69) is 45.9 Å². The van der Waals surface area contributed by atoms with E-state index in [-0.39, 0.29) is 30.6 Å². The van der Waals surface area contributed by atoms with Crippen molar-refractivity contribution < 1.29 is 32.7 Å². The highest BCUT2D eigenvalue weighted by atomic mass is 19.4. The summed E-state index contributed by atoms with van der Waals surface area (Å²) < 4.78 is 31.7. The summed E-state index contributed by atoms with van der Waals surface area (Å²) in [6.07, 6.45) is -0.648. The molecule has 0 aromatic heterocycles. The standard InChI is InChI=1S/C26H33N3O2.C2HF3O2/c30-25(23-7-6-21-10-14-27-15-11-22(21)18-23)8-9-26(31)28-24-12-16-29(17-13-24)19-20-4-2-1-3-5-20;3-2(4,5)1(6)7/h1-7,18,24,27H,8-17,19H2,(H,28,31);(H,6,7). The Balaban J connectivity index is 0.000000505. The highest BCUT2D eigenvalue weighted by Crippen LogP contribution is 2.18. The number of piperidine rings is 1. The number of carbonyl (C=O) groups excluding carboxylic acids is 2. The Bertz CT molecular complexity index is 1080. The summed E-state index contributed by atoms with van der Waals surface area (Å²) in [5, 5.41) is 13.7. The Hall–Kier alpha value is -3.24. The average Bonchev–Trinajstić information content (AvgIpc) is 3.14. The molecule has 2 aliphatic rings. The van der Waals surface area contributed by atoms with Crippen molar-refractivity contribution in [2.75, 3.05) is 26.2 Å². The molecule has 0 saturated carbocycles. The molecule has 7 nitrogen and oxygen atoms in total. The van der Waals surface area contributed by atoms with Gasteiger partial charge in [-0.05, 0) is 61.5 Å². The van der Waals surface area contributed by atoms with Gasteiger partial charge >= 0.3 is 12.1 Å². The number of carboxylic acid groups (broad SMARTS) is 1. The number of nitrogens with zero attached hydrogens (tertiary/aromatic N) is 1. The highest BCUT2D eigenvalue weighted by molar-refractivity contribution is 5.98. The van der Waals surface area contributed by atoms with Gasteiger partial charge in [-0.2, -0.15) is 13.2 Å².